The lowest BCUT2D eigenvalue weighted by Crippen LogP contribution is -2.32. The van der Waals surface area contributed by atoms with Gasteiger partial charge in [-0.1, -0.05) is 124 Å². The molecule has 1 aliphatic carbocycles. The summed E-state index contributed by atoms with van der Waals surface area (Å²) < 4.78 is 3.44. The lowest BCUT2D eigenvalue weighted by molar-refractivity contribution is 0.725. The Bertz CT molecular complexity index is 2170. The normalized spacial score (nSPS) is 14.2. The SMILES string of the molecule is Clc1cccc2c1c1c3c(ccc1n2-c1ccccc1)C1(c2ccc(Br)cc2S3)c2ccccc2-c2ccccc21. The van der Waals surface area contributed by atoms with Crippen LogP contribution in [0.15, 0.2) is 142 Å². The van der Waals surface area contributed by atoms with Crippen molar-refractivity contribution in [2.75, 3.05) is 0 Å². The highest BCUT2D eigenvalue weighted by atomic mass is 79.9. The summed E-state index contributed by atoms with van der Waals surface area (Å²) in [6.07, 6.45) is 0. The number of hydrogen-bond donors (Lipinski definition) is 0. The molecule has 1 nitrogen and oxygen atoms in total. The molecule has 2 heterocycles. The summed E-state index contributed by atoms with van der Waals surface area (Å²) in [5.41, 5.74) is 10.9. The maximum absolute atomic E-state index is 7.09. The van der Waals surface area contributed by atoms with Gasteiger partial charge in [-0.2, -0.15) is 0 Å². The first-order valence-corrected chi connectivity index (χ1v) is 15.7. The van der Waals surface area contributed by atoms with Crippen LogP contribution in [0, 0.1) is 0 Å². The van der Waals surface area contributed by atoms with E-state index in [4.69, 9.17) is 11.6 Å². The number of rotatable bonds is 1. The number of fused-ring (bicyclic) bond motifs is 13. The Morgan fingerprint density at radius 2 is 1.24 bits per heavy atom. The maximum Gasteiger partial charge on any atom is 0.0735 e. The summed E-state index contributed by atoms with van der Waals surface area (Å²) >= 11 is 12.7. The zero-order valence-corrected chi connectivity index (χ0v) is 24.9. The Morgan fingerprint density at radius 3 is 2.00 bits per heavy atom. The summed E-state index contributed by atoms with van der Waals surface area (Å²) in [5.74, 6) is 0. The molecule has 1 aromatic heterocycles. The van der Waals surface area contributed by atoms with E-state index >= 15 is 0 Å². The molecule has 2 aliphatic rings. The highest BCUT2D eigenvalue weighted by Crippen LogP contribution is 2.63. The van der Waals surface area contributed by atoms with Crippen molar-refractivity contribution >= 4 is 61.1 Å². The van der Waals surface area contributed by atoms with E-state index in [9.17, 15) is 0 Å². The second-order valence-electron chi connectivity index (χ2n) is 10.7. The van der Waals surface area contributed by atoms with E-state index in [1.54, 1.807) is 0 Å². The van der Waals surface area contributed by atoms with Crippen molar-refractivity contribution in [2.45, 2.75) is 15.2 Å². The highest BCUT2D eigenvalue weighted by Gasteiger charge is 2.50. The van der Waals surface area contributed by atoms with Crippen LogP contribution < -0.4 is 0 Å². The Balaban J connectivity index is 1.51. The van der Waals surface area contributed by atoms with E-state index in [-0.39, 0.29) is 0 Å². The van der Waals surface area contributed by atoms with Crippen molar-refractivity contribution in [3.8, 4) is 16.8 Å². The van der Waals surface area contributed by atoms with Gasteiger partial charge in [0.1, 0.15) is 0 Å². The fourth-order valence-corrected chi connectivity index (χ4v) is 9.45. The van der Waals surface area contributed by atoms with E-state index in [0.29, 0.717) is 0 Å². The number of hydrogen-bond acceptors (Lipinski definition) is 1. The lowest BCUT2D eigenvalue weighted by atomic mass is 9.67. The Kier molecular flexibility index (Phi) is 5.03. The van der Waals surface area contributed by atoms with Crippen LogP contribution >= 0.6 is 39.3 Å². The van der Waals surface area contributed by atoms with E-state index in [2.05, 4.69) is 142 Å². The molecule has 41 heavy (non-hydrogen) atoms. The van der Waals surface area contributed by atoms with E-state index in [1.165, 1.54) is 54.1 Å². The standard InChI is InChI=1S/C37H21BrClNS/c38-22-17-18-28-33(21-22)41-36-29(37(28)26-13-6-4-11-24(26)25-12-5-7-14-27(25)37)19-20-32-35(36)34-30(39)15-8-16-31(34)40(32)23-9-2-1-3-10-23/h1-21H. The van der Waals surface area contributed by atoms with Gasteiger partial charge in [-0.3, -0.25) is 0 Å². The minimum atomic E-state index is -0.430. The van der Waals surface area contributed by atoms with Crippen LogP contribution in [0.4, 0.5) is 0 Å². The van der Waals surface area contributed by atoms with Gasteiger partial charge in [0.15, 0.2) is 0 Å². The van der Waals surface area contributed by atoms with E-state index in [1.807, 2.05) is 17.8 Å². The molecule has 194 valence electrons. The van der Waals surface area contributed by atoms with Crippen molar-refractivity contribution in [3.63, 3.8) is 0 Å². The average Bonchev–Trinajstić information content (AvgIpc) is 3.50. The summed E-state index contributed by atoms with van der Waals surface area (Å²) in [6.45, 7) is 0. The summed E-state index contributed by atoms with van der Waals surface area (Å²) in [7, 11) is 0. The minimum absolute atomic E-state index is 0.430. The third-order valence-electron chi connectivity index (χ3n) is 8.79. The first kappa shape index (κ1) is 23.9. The highest BCUT2D eigenvalue weighted by molar-refractivity contribution is 9.10. The maximum atomic E-state index is 7.09. The third-order valence-corrected chi connectivity index (χ3v) is 10.8. The topological polar surface area (TPSA) is 4.93 Å². The molecular formula is C37H21BrClNS. The Labute approximate surface area is 255 Å². The van der Waals surface area contributed by atoms with Gasteiger partial charge in [-0.05, 0) is 75.8 Å². The number of benzene rings is 6. The Morgan fingerprint density at radius 1 is 0.585 bits per heavy atom. The molecule has 6 aromatic carbocycles. The second-order valence-corrected chi connectivity index (χ2v) is 13.1. The van der Waals surface area contributed by atoms with Crippen molar-refractivity contribution < 1.29 is 0 Å². The molecule has 0 atom stereocenters. The molecule has 0 unspecified atom stereocenters. The summed E-state index contributed by atoms with van der Waals surface area (Å²) in [4.78, 5) is 2.53. The molecule has 7 aromatic rings. The summed E-state index contributed by atoms with van der Waals surface area (Å²) in [5, 5.41) is 3.09. The molecule has 0 bridgehead atoms. The molecule has 0 fully saturated rings. The van der Waals surface area contributed by atoms with E-state index in [0.717, 1.165) is 26.1 Å². The molecule has 0 amide bonds. The molecule has 1 spiro atoms. The second kappa shape index (κ2) is 8.62. The van der Waals surface area contributed by atoms with Crippen LogP contribution in [0.1, 0.15) is 22.3 Å². The third kappa shape index (κ3) is 3.04. The first-order chi connectivity index (χ1) is 20.2. The minimum Gasteiger partial charge on any atom is -0.309 e. The molecule has 0 N–H and O–H groups in total. The Hall–Kier alpha value is -3.76. The quantitative estimate of drug-likeness (QED) is 0.175. The van der Waals surface area contributed by atoms with Gasteiger partial charge < -0.3 is 4.57 Å². The van der Waals surface area contributed by atoms with Gasteiger partial charge in [0.2, 0.25) is 0 Å². The van der Waals surface area contributed by atoms with Gasteiger partial charge in [0, 0.05) is 30.7 Å². The van der Waals surface area contributed by atoms with E-state index < -0.39 is 5.41 Å². The van der Waals surface area contributed by atoms with Crippen LogP contribution in [0.3, 0.4) is 0 Å². The molecule has 9 rings (SSSR count). The predicted molar refractivity (Wildman–Crippen MR) is 175 cm³/mol. The monoisotopic (exact) mass is 625 g/mol. The van der Waals surface area contributed by atoms with Gasteiger partial charge >= 0.3 is 0 Å². The molecular weight excluding hydrogens is 606 g/mol. The fourth-order valence-electron chi connectivity index (χ4n) is 7.29. The first-order valence-electron chi connectivity index (χ1n) is 13.7. The van der Waals surface area contributed by atoms with Gasteiger partial charge in [0.25, 0.3) is 0 Å². The predicted octanol–water partition coefficient (Wildman–Crippen LogP) is 11.0. The molecule has 0 radical (unpaired) electrons. The zero-order valence-electron chi connectivity index (χ0n) is 21.7. The largest absolute Gasteiger partial charge is 0.309 e. The van der Waals surface area contributed by atoms with Crippen LogP contribution in [-0.2, 0) is 5.41 Å². The van der Waals surface area contributed by atoms with Gasteiger partial charge in [-0.15, -0.1) is 0 Å². The van der Waals surface area contributed by atoms with Gasteiger partial charge in [-0.25, -0.2) is 0 Å². The molecule has 0 saturated heterocycles. The summed E-state index contributed by atoms with van der Waals surface area (Å²) in [6, 6.07) is 46.2. The smallest absolute Gasteiger partial charge is 0.0735 e. The van der Waals surface area contributed by atoms with Crippen LogP contribution in [0.5, 0.6) is 0 Å². The molecule has 4 heteroatoms. The van der Waals surface area contributed by atoms with Crippen LogP contribution in [0.25, 0.3) is 38.6 Å². The van der Waals surface area contributed by atoms with Crippen molar-refractivity contribution in [2.24, 2.45) is 0 Å². The van der Waals surface area contributed by atoms with Crippen LogP contribution in [0.2, 0.25) is 5.02 Å². The number of halogens is 2. The van der Waals surface area contributed by atoms with Crippen molar-refractivity contribution in [1.82, 2.24) is 4.57 Å². The molecule has 1 aliphatic heterocycles. The average molecular weight is 627 g/mol. The number of para-hydroxylation sites is 1. The zero-order chi connectivity index (χ0) is 27.3. The number of nitrogens with zero attached hydrogens (tertiary/aromatic N) is 1. The van der Waals surface area contributed by atoms with Crippen molar-refractivity contribution in [1.29, 1.82) is 0 Å². The van der Waals surface area contributed by atoms with Crippen molar-refractivity contribution in [3.05, 3.63) is 159 Å². The molecule has 0 saturated carbocycles. The number of aromatic nitrogens is 1. The van der Waals surface area contributed by atoms with Crippen LogP contribution in [-0.4, -0.2) is 4.57 Å². The lowest BCUT2D eigenvalue weighted by Gasteiger charge is -2.40. The fraction of sp³-hybridized carbons (Fsp3) is 0.0270. The van der Waals surface area contributed by atoms with Gasteiger partial charge in [0.05, 0.1) is 21.5 Å².